The fraction of sp³-hybridized carbons (Fsp3) is 0.350. The molecule has 0 bridgehead atoms. The normalized spacial score (nSPS) is 14.9. The average Bonchev–Trinajstić information content (AvgIpc) is 3.32. The average molecular weight is 527 g/mol. The van der Waals surface area contributed by atoms with Crippen LogP contribution in [0.5, 0.6) is 5.75 Å². The standard InChI is InChI=1S/C20H17F3N6O4S2/c1-10(17-27-16(11-3-4-11)28-29(17)19-25-9-14(8-24)34-19)26-18(30)12-5-13(33-20(21,22)23)7-15(6-12)35(2,31)32/h5-7,9-11H,3-4H2,1-2H3,(H,26,30)/t10-/m0/s1. The van der Waals surface area contributed by atoms with Gasteiger partial charge >= 0.3 is 6.36 Å². The fourth-order valence-corrected chi connectivity index (χ4v) is 4.49. The Kier molecular flexibility index (Phi) is 6.28. The zero-order valence-electron chi connectivity index (χ0n) is 18.2. The Morgan fingerprint density at radius 3 is 2.63 bits per heavy atom. The highest BCUT2D eigenvalue weighted by molar-refractivity contribution is 7.90. The van der Waals surface area contributed by atoms with E-state index in [2.05, 4.69) is 25.1 Å². The number of halogens is 3. The third-order valence-electron chi connectivity index (χ3n) is 4.91. The highest BCUT2D eigenvalue weighted by Gasteiger charge is 2.33. The number of hydrogen-bond acceptors (Lipinski definition) is 9. The summed E-state index contributed by atoms with van der Waals surface area (Å²) in [7, 11) is -3.95. The first-order valence-corrected chi connectivity index (χ1v) is 12.8. The lowest BCUT2D eigenvalue weighted by atomic mass is 10.2. The molecule has 1 N–H and O–H groups in total. The van der Waals surface area contributed by atoms with Crippen LogP contribution >= 0.6 is 11.3 Å². The number of hydrogen-bond donors (Lipinski definition) is 1. The van der Waals surface area contributed by atoms with Gasteiger partial charge in [-0.3, -0.25) is 4.79 Å². The van der Waals surface area contributed by atoms with Crippen LogP contribution < -0.4 is 10.1 Å². The molecule has 1 saturated carbocycles. The van der Waals surface area contributed by atoms with Gasteiger partial charge in [-0.25, -0.2) is 18.4 Å². The van der Waals surface area contributed by atoms with Gasteiger partial charge in [0.25, 0.3) is 5.91 Å². The molecule has 10 nitrogen and oxygen atoms in total. The maximum Gasteiger partial charge on any atom is 0.573 e. The number of rotatable bonds is 7. The summed E-state index contributed by atoms with van der Waals surface area (Å²) >= 11 is 1.08. The number of nitrogens with zero attached hydrogens (tertiary/aromatic N) is 5. The van der Waals surface area contributed by atoms with Crippen LogP contribution in [-0.2, 0) is 9.84 Å². The van der Waals surface area contributed by atoms with Crippen molar-refractivity contribution in [1.82, 2.24) is 25.1 Å². The van der Waals surface area contributed by atoms with Crippen molar-refractivity contribution in [2.75, 3.05) is 6.26 Å². The third kappa shape index (κ3) is 5.77. The van der Waals surface area contributed by atoms with Crippen molar-refractivity contribution in [3.8, 4) is 17.0 Å². The van der Waals surface area contributed by atoms with Crippen LogP contribution in [0.4, 0.5) is 13.2 Å². The van der Waals surface area contributed by atoms with Crippen LogP contribution in [0.1, 0.15) is 58.6 Å². The van der Waals surface area contributed by atoms with Crippen LogP contribution in [0, 0.1) is 11.3 Å². The van der Waals surface area contributed by atoms with Crippen LogP contribution in [0.2, 0.25) is 0 Å². The van der Waals surface area contributed by atoms with Crippen molar-refractivity contribution in [3.05, 3.63) is 46.5 Å². The van der Waals surface area contributed by atoms with Crippen LogP contribution in [0.15, 0.2) is 29.3 Å². The Morgan fingerprint density at radius 1 is 1.34 bits per heavy atom. The Bertz CT molecular complexity index is 1440. The van der Waals surface area contributed by atoms with Gasteiger partial charge in [-0.05, 0) is 38.0 Å². The molecule has 2 aromatic heterocycles. The van der Waals surface area contributed by atoms with Gasteiger partial charge in [-0.2, -0.15) is 9.94 Å². The molecule has 1 amide bonds. The van der Waals surface area contributed by atoms with Gasteiger partial charge in [0.2, 0.25) is 5.13 Å². The van der Waals surface area contributed by atoms with Gasteiger partial charge in [0.15, 0.2) is 21.5 Å². The number of amides is 1. The molecule has 15 heteroatoms. The second kappa shape index (κ2) is 8.93. The van der Waals surface area contributed by atoms with Crippen molar-refractivity contribution >= 4 is 27.1 Å². The molecule has 1 aliphatic carbocycles. The minimum atomic E-state index is -5.08. The SMILES string of the molecule is C[C@H](NC(=O)c1cc(OC(F)(F)F)cc(S(C)(=O)=O)c1)c1nc(C2CC2)nn1-c1ncc(C#N)s1. The summed E-state index contributed by atoms with van der Waals surface area (Å²) in [6.45, 7) is 1.58. The number of benzene rings is 1. The van der Waals surface area contributed by atoms with E-state index in [0.29, 0.717) is 27.7 Å². The van der Waals surface area contributed by atoms with Gasteiger partial charge < -0.3 is 10.1 Å². The molecule has 0 unspecified atom stereocenters. The van der Waals surface area contributed by atoms with Crippen LogP contribution in [0.25, 0.3) is 5.13 Å². The van der Waals surface area contributed by atoms with E-state index in [-0.39, 0.29) is 11.5 Å². The Balaban J connectivity index is 1.65. The van der Waals surface area contributed by atoms with Crippen LogP contribution in [-0.4, -0.2) is 46.7 Å². The van der Waals surface area contributed by atoms with Crippen molar-refractivity contribution in [2.45, 2.75) is 43.0 Å². The molecule has 1 atom stereocenters. The van der Waals surface area contributed by atoms with E-state index < -0.39 is 38.8 Å². The van der Waals surface area contributed by atoms with Gasteiger partial charge in [0.05, 0.1) is 17.1 Å². The van der Waals surface area contributed by atoms with Crippen LogP contribution in [0.3, 0.4) is 0 Å². The molecule has 184 valence electrons. The maximum atomic E-state index is 12.9. The minimum absolute atomic E-state index is 0.168. The monoisotopic (exact) mass is 526 g/mol. The second-order valence-corrected chi connectivity index (χ2v) is 10.9. The molecule has 0 spiro atoms. The molecular weight excluding hydrogens is 509 g/mol. The molecule has 0 saturated heterocycles. The number of aromatic nitrogens is 4. The maximum absolute atomic E-state index is 12.9. The Hall–Kier alpha value is -3.51. The number of nitriles is 1. The first kappa shape index (κ1) is 24.6. The lowest BCUT2D eigenvalue weighted by Crippen LogP contribution is -2.29. The number of ether oxygens (including phenoxy) is 1. The molecule has 3 aromatic rings. The number of thiazole rings is 1. The predicted octanol–water partition coefficient (Wildman–Crippen LogP) is 3.27. The molecule has 2 heterocycles. The van der Waals surface area contributed by atoms with Crippen molar-refractivity contribution < 1.29 is 31.1 Å². The van der Waals surface area contributed by atoms with E-state index in [9.17, 15) is 26.4 Å². The zero-order valence-corrected chi connectivity index (χ0v) is 19.8. The molecule has 0 aliphatic heterocycles. The lowest BCUT2D eigenvalue weighted by Gasteiger charge is -2.15. The fourth-order valence-electron chi connectivity index (χ4n) is 3.14. The molecule has 35 heavy (non-hydrogen) atoms. The highest BCUT2D eigenvalue weighted by Crippen LogP contribution is 2.39. The second-order valence-electron chi connectivity index (χ2n) is 7.84. The van der Waals surface area contributed by atoms with E-state index in [1.807, 2.05) is 6.07 Å². The Labute approximate surface area is 201 Å². The van der Waals surface area contributed by atoms with Gasteiger partial charge in [-0.15, -0.1) is 18.3 Å². The summed E-state index contributed by atoms with van der Waals surface area (Å²) in [5.41, 5.74) is -0.353. The first-order valence-electron chi connectivity index (χ1n) is 10.1. The predicted molar refractivity (Wildman–Crippen MR) is 116 cm³/mol. The number of nitrogens with one attached hydrogen (secondary N) is 1. The van der Waals surface area contributed by atoms with Gasteiger partial charge in [0.1, 0.15) is 16.7 Å². The summed E-state index contributed by atoms with van der Waals surface area (Å²) in [4.78, 5) is 21.4. The molecule has 1 aliphatic rings. The third-order valence-corrected chi connectivity index (χ3v) is 6.88. The molecule has 4 rings (SSSR count). The van der Waals surface area contributed by atoms with Crippen molar-refractivity contribution in [1.29, 1.82) is 5.26 Å². The largest absolute Gasteiger partial charge is 0.573 e. The summed E-state index contributed by atoms with van der Waals surface area (Å²) in [5, 5.41) is 16.5. The van der Waals surface area contributed by atoms with Gasteiger partial charge in [-0.1, -0.05) is 11.3 Å². The number of sulfone groups is 1. The molecule has 0 radical (unpaired) electrons. The topological polar surface area (TPSA) is 140 Å². The quantitative estimate of drug-likeness (QED) is 0.495. The lowest BCUT2D eigenvalue weighted by molar-refractivity contribution is -0.274. The molecule has 1 aromatic carbocycles. The smallest absolute Gasteiger partial charge is 0.406 e. The summed E-state index contributed by atoms with van der Waals surface area (Å²) in [6.07, 6.45) is -1.08. The highest BCUT2D eigenvalue weighted by atomic mass is 32.2. The van der Waals surface area contributed by atoms with Gasteiger partial charge in [0, 0.05) is 17.7 Å². The number of alkyl halides is 3. The zero-order chi connectivity index (χ0) is 25.5. The Morgan fingerprint density at radius 2 is 2.06 bits per heavy atom. The van der Waals surface area contributed by atoms with Crippen molar-refractivity contribution in [2.24, 2.45) is 0 Å². The minimum Gasteiger partial charge on any atom is -0.406 e. The van der Waals surface area contributed by atoms with E-state index >= 15 is 0 Å². The first-order chi connectivity index (χ1) is 16.3. The summed E-state index contributed by atoms with van der Waals surface area (Å²) in [5.74, 6) is -0.680. The van der Waals surface area contributed by atoms with E-state index in [1.165, 1.54) is 10.9 Å². The van der Waals surface area contributed by atoms with Crippen molar-refractivity contribution in [3.63, 3.8) is 0 Å². The van der Waals surface area contributed by atoms with E-state index in [0.717, 1.165) is 42.6 Å². The van der Waals surface area contributed by atoms with E-state index in [4.69, 9.17) is 5.26 Å². The summed E-state index contributed by atoms with van der Waals surface area (Å²) in [6, 6.07) is 3.63. The number of carbonyl (C=O) groups excluding carboxylic acids is 1. The summed E-state index contributed by atoms with van der Waals surface area (Å²) < 4.78 is 67.3. The number of carbonyl (C=O) groups is 1. The van der Waals surface area contributed by atoms with E-state index in [1.54, 1.807) is 6.92 Å². The molecule has 1 fully saturated rings. The molecular formula is C20H17F3N6O4S2.